The van der Waals surface area contributed by atoms with E-state index in [1.807, 2.05) is 0 Å². The Hall–Kier alpha value is -2.07. The molecule has 1 heterocycles. The van der Waals surface area contributed by atoms with Gasteiger partial charge in [0.15, 0.2) is 0 Å². The molecular weight excluding hydrogens is 355 g/mol. The molecule has 0 amide bonds. The first-order chi connectivity index (χ1) is 10.6. The lowest BCUT2D eigenvalue weighted by Gasteiger charge is -2.22. The van der Waals surface area contributed by atoms with E-state index in [0.717, 1.165) is 23.5 Å². The first-order valence-electron chi connectivity index (χ1n) is 6.07. The Morgan fingerprint density at radius 3 is 2.22 bits per heavy atom. The zero-order chi connectivity index (χ0) is 17.3. The molecule has 10 heteroatoms. The number of thiophene rings is 1. The molecule has 0 saturated heterocycles. The van der Waals surface area contributed by atoms with Crippen molar-refractivity contribution in [2.45, 2.75) is 10.4 Å². The first kappa shape index (κ1) is 17.3. The summed E-state index contributed by atoms with van der Waals surface area (Å²) >= 11 is 0.885. The molecule has 0 spiro atoms. The summed E-state index contributed by atoms with van der Waals surface area (Å²) in [5.74, 6) is -1.43. The molecular formula is C13H10F3NO4S2. The van der Waals surface area contributed by atoms with Crippen molar-refractivity contribution >= 4 is 33.0 Å². The number of benzene rings is 1. The number of nitrogens with zero attached hydrogens (tertiary/aromatic N) is 1. The number of rotatable bonds is 5. The second-order valence-corrected chi connectivity index (χ2v) is 7.42. The number of hydrogen-bond acceptors (Lipinski definition) is 4. The maximum absolute atomic E-state index is 12.6. The van der Waals surface area contributed by atoms with E-state index in [4.69, 9.17) is 5.11 Å². The second kappa shape index (κ2) is 6.20. The third-order valence-electron chi connectivity index (χ3n) is 2.80. The summed E-state index contributed by atoms with van der Waals surface area (Å²) in [6.07, 6.45) is -4.57. The zero-order valence-corrected chi connectivity index (χ0v) is 13.0. The van der Waals surface area contributed by atoms with Crippen LogP contribution in [0.1, 0.15) is 5.56 Å². The van der Waals surface area contributed by atoms with Crippen molar-refractivity contribution in [2.24, 2.45) is 0 Å². The average molecular weight is 365 g/mol. The van der Waals surface area contributed by atoms with Gasteiger partial charge in [-0.25, -0.2) is 8.42 Å². The SMILES string of the molecule is O=C(O)CN(c1ccc(C(F)(F)F)cc1)S(=O)(=O)c1cccs1. The number of alkyl halides is 3. The van der Waals surface area contributed by atoms with Crippen LogP contribution in [0, 0.1) is 0 Å². The van der Waals surface area contributed by atoms with Gasteiger partial charge in [-0.3, -0.25) is 9.10 Å². The number of sulfonamides is 1. The van der Waals surface area contributed by atoms with E-state index in [-0.39, 0.29) is 9.90 Å². The third kappa shape index (κ3) is 3.82. The highest BCUT2D eigenvalue weighted by Crippen LogP contribution is 2.32. The average Bonchev–Trinajstić information content (AvgIpc) is 2.98. The van der Waals surface area contributed by atoms with Crippen LogP contribution in [0.3, 0.4) is 0 Å². The zero-order valence-electron chi connectivity index (χ0n) is 11.3. The van der Waals surface area contributed by atoms with Crippen LogP contribution in [0.4, 0.5) is 18.9 Å². The van der Waals surface area contributed by atoms with Gasteiger partial charge in [0.2, 0.25) is 0 Å². The summed E-state index contributed by atoms with van der Waals surface area (Å²) in [5, 5.41) is 10.4. The number of carboxylic acid groups (broad SMARTS) is 1. The molecule has 0 bridgehead atoms. The molecule has 0 atom stereocenters. The van der Waals surface area contributed by atoms with E-state index in [0.29, 0.717) is 16.4 Å². The van der Waals surface area contributed by atoms with Gasteiger partial charge >= 0.3 is 12.1 Å². The molecule has 0 aliphatic heterocycles. The van der Waals surface area contributed by atoms with E-state index >= 15 is 0 Å². The van der Waals surface area contributed by atoms with Gasteiger partial charge in [0.25, 0.3) is 10.0 Å². The molecule has 2 aromatic rings. The topological polar surface area (TPSA) is 74.7 Å². The van der Waals surface area contributed by atoms with E-state index < -0.39 is 34.3 Å². The number of carbonyl (C=O) groups is 1. The van der Waals surface area contributed by atoms with Crippen molar-refractivity contribution in [1.82, 2.24) is 0 Å². The summed E-state index contributed by atoms with van der Waals surface area (Å²) in [7, 11) is -4.16. The van der Waals surface area contributed by atoms with Crippen LogP contribution in [0.2, 0.25) is 0 Å². The smallest absolute Gasteiger partial charge is 0.416 e. The lowest BCUT2D eigenvalue weighted by Crippen LogP contribution is -2.35. The van der Waals surface area contributed by atoms with Gasteiger partial charge in [0.05, 0.1) is 11.3 Å². The van der Waals surface area contributed by atoms with E-state index in [9.17, 15) is 26.4 Å². The van der Waals surface area contributed by atoms with Gasteiger partial charge in [-0.2, -0.15) is 13.2 Å². The highest BCUT2D eigenvalue weighted by molar-refractivity contribution is 7.94. The van der Waals surface area contributed by atoms with Crippen LogP contribution in [0.25, 0.3) is 0 Å². The quantitative estimate of drug-likeness (QED) is 0.884. The van der Waals surface area contributed by atoms with Gasteiger partial charge in [-0.1, -0.05) is 6.07 Å². The Balaban J connectivity index is 2.46. The molecule has 1 aromatic carbocycles. The van der Waals surface area contributed by atoms with Crippen molar-refractivity contribution < 1.29 is 31.5 Å². The molecule has 5 nitrogen and oxygen atoms in total. The van der Waals surface area contributed by atoms with Crippen LogP contribution in [0.15, 0.2) is 46.0 Å². The largest absolute Gasteiger partial charge is 0.480 e. The number of halogens is 3. The molecule has 1 N–H and O–H groups in total. The van der Waals surface area contributed by atoms with Crippen molar-refractivity contribution in [2.75, 3.05) is 10.8 Å². The fourth-order valence-corrected chi connectivity index (χ4v) is 4.29. The second-order valence-electron chi connectivity index (χ2n) is 4.38. The maximum Gasteiger partial charge on any atom is 0.416 e. The van der Waals surface area contributed by atoms with Crippen molar-refractivity contribution in [3.05, 3.63) is 47.3 Å². The van der Waals surface area contributed by atoms with Crippen LogP contribution in [-0.2, 0) is 21.0 Å². The highest BCUT2D eigenvalue weighted by Gasteiger charge is 2.32. The van der Waals surface area contributed by atoms with Gasteiger partial charge in [-0.15, -0.1) is 11.3 Å². The lowest BCUT2D eigenvalue weighted by molar-refractivity contribution is -0.138. The molecule has 0 fully saturated rings. The van der Waals surface area contributed by atoms with Gasteiger partial charge in [-0.05, 0) is 35.7 Å². The fourth-order valence-electron chi connectivity index (χ4n) is 1.77. The Bertz CT molecular complexity index is 784. The number of hydrogen-bond donors (Lipinski definition) is 1. The Morgan fingerprint density at radius 2 is 1.78 bits per heavy atom. The highest BCUT2D eigenvalue weighted by atomic mass is 32.2. The summed E-state index contributed by atoms with van der Waals surface area (Å²) in [6.45, 7) is -0.897. The van der Waals surface area contributed by atoms with Crippen molar-refractivity contribution in [1.29, 1.82) is 0 Å². The Kier molecular flexibility index (Phi) is 4.66. The summed E-state index contributed by atoms with van der Waals surface area (Å²) in [4.78, 5) is 10.9. The van der Waals surface area contributed by atoms with E-state index in [1.54, 1.807) is 0 Å². The third-order valence-corrected chi connectivity index (χ3v) is 5.95. The monoisotopic (exact) mass is 365 g/mol. The standard InChI is InChI=1S/C13H10F3NO4S2/c14-13(15,16)9-3-5-10(6-4-9)17(8-11(18)19)23(20,21)12-2-1-7-22-12/h1-7H,8H2,(H,18,19). The van der Waals surface area contributed by atoms with Crippen LogP contribution >= 0.6 is 11.3 Å². The van der Waals surface area contributed by atoms with Crippen LogP contribution in [-0.4, -0.2) is 26.0 Å². The molecule has 124 valence electrons. The van der Waals surface area contributed by atoms with Crippen LogP contribution in [0.5, 0.6) is 0 Å². The predicted octanol–water partition coefficient (Wildman–Crippen LogP) is 3.05. The van der Waals surface area contributed by atoms with Crippen LogP contribution < -0.4 is 4.31 Å². The van der Waals surface area contributed by atoms with E-state index in [1.165, 1.54) is 17.5 Å². The number of aliphatic carboxylic acids is 1. The minimum Gasteiger partial charge on any atom is -0.480 e. The molecule has 0 saturated carbocycles. The van der Waals surface area contributed by atoms with Crippen molar-refractivity contribution in [3.63, 3.8) is 0 Å². The minimum atomic E-state index is -4.57. The normalized spacial score (nSPS) is 12.1. The molecule has 0 radical (unpaired) electrons. The van der Waals surface area contributed by atoms with Crippen molar-refractivity contribution in [3.8, 4) is 0 Å². The van der Waals surface area contributed by atoms with Gasteiger partial charge in [0.1, 0.15) is 10.8 Å². The molecule has 0 aliphatic rings. The first-order valence-corrected chi connectivity index (χ1v) is 8.39. The van der Waals surface area contributed by atoms with Gasteiger partial charge < -0.3 is 5.11 Å². The Labute approximate surface area is 133 Å². The van der Waals surface area contributed by atoms with E-state index in [2.05, 4.69) is 0 Å². The fraction of sp³-hybridized carbons (Fsp3) is 0.154. The lowest BCUT2D eigenvalue weighted by atomic mass is 10.2. The molecule has 0 unspecified atom stereocenters. The molecule has 23 heavy (non-hydrogen) atoms. The molecule has 2 rings (SSSR count). The number of anilines is 1. The molecule has 0 aliphatic carbocycles. The predicted molar refractivity (Wildman–Crippen MR) is 77.9 cm³/mol. The minimum absolute atomic E-state index is 0.0985. The molecule has 1 aromatic heterocycles. The summed E-state index contributed by atoms with van der Waals surface area (Å²) < 4.78 is 63.1. The Morgan fingerprint density at radius 1 is 1.17 bits per heavy atom. The number of carboxylic acids is 1. The summed E-state index contributed by atoms with van der Waals surface area (Å²) in [6, 6.07) is 6.03. The maximum atomic E-state index is 12.6. The summed E-state index contributed by atoms with van der Waals surface area (Å²) in [5.41, 5.74) is -1.11. The van der Waals surface area contributed by atoms with Gasteiger partial charge in [0, 0.05) is 0 Å².